The first-order valence-electron chi connectivity index (χ1n) is 6.72. The van der Waals surface area contributed by atoms with Crippen molar-refractivity contribution in [1.29, 1.82) is 0 Å². The molecule has 0 aliphatic heterocycles. The third kappa shape index (κ3) is 3.81. The number of carbonyl (C=O) groups is 1. The molecule has 2 N–H and O–H groups in total. The fourth-order valence-corrected chi connectivity index (χ4v) is 2.59. The normalized spacial score (nSPS) is 10.3. The Morgan fingerprint density at radius 3 is 2.90 bits per heavy atom. The van der Waals surface area contributed by atoms with Crippen LogP contribution in [0.2, 0.25) is 0 Å². The number of rotatable bonds is 6. The molecule has 0 unspecified atom stereocenters. The van der Waals surface area contributed by atoms with Crippen molar-refractivity contribution in [2.45, 2.75) is 26.8 Å². The van der Waals surface area contributed by atoms with E-state index in [4.69, 9.17) is 0 Å². The van der Waals surface area contributed by atoms with E-state index < -0.39 is 0 Å². The lowest BCUT2D eigenvalue weighted by Gasteiger charge is -2.07. The number of amides is 1. The summed E-state index contributed by atoms with van der Waals surface area (Å²) in [5.41, 5.74) is 1.65. The van der Waals surface area contributed by atoms with Gasteiger partial charge in [-0.2, -0.15) is 0 Å². The van der Waals surface area contributed by atoms with Gasteiger partial charge in [0.25, 0.3) is 5.91 Å². The molecule has 0 saturated heterocycles. The predicted octanol–water partition coefficient (Wildman–Crippen LogP) is 3.20. The molecule has 1 amide bonds. The molecule has 0 aromatic carbocycles. The first-order valence-corrected chi connectivity index (χ1v) is 7.60. The second-order valence-corrected chi connectivity index (χ2v) is 5.54. The second-order valence-electron chi connectivity index (χ2n) is 4.54. The first kappa shape index (κ1) is 14.5. The summed E-state index contributed by atoms with van der Waals surface area (Å²) < 4.78 is 0. The minimum atomic E-state index is -0.141. The second kappa shape index (κ2) is 7.05. The van der Waals surface area contributed by atoms with Crippen LogP contribution in [0.15, 0.2) is 29.6 Å². The van der Waals surface area contributed by atoms with Crippen molar-refractivity contribution in [3.63, 3.8) is 0 Å². The SMILES string of the molecule is CCCNc1cccc(C(=O)NCc2sccc2C)n1. The van der Waals surface area contributed by atoms with Crippen molar-refractivity contribution in [3.05, 3.63) is 45.8 Å². The molecule has 0 radical (unpaired) electrons. The molecule has 4 nitrogen and oxygen atoms in total. The summed E-state index contributed by atoms with van der Waals surface area (Å²) >= 11 is 1.65. The van der Waals surface area contributed by atoms with Crippen LogP contribution in [0.4, 0.5) is 5.82 Å². The summed E-state index contributed by atoms with van der Waals surface area (Å²) in [7, 11) is 0. The van der Waals surface area contributed by atoms with Crippen molar-refractivity contribution in [2.75, 3.05) is 11.9 Å². The fourth-order valence-electron chi connectivity index (χ4n) is 1.75. The lowest BCUT2D eigenvalue weighted by molar-refractivity contribution is 0.0946. The number of nitrogens with one attached hydrogen (secondary N) is 2. The average molecular weight is 289 g/mol. The Labute approximate surface area is 123 Å². The fraction of sp³-hybridized carbons (Fsp3) is 0.333. The van der Waals surface area contributed by atoms with Crippen LogP contribution < -0.4 is 10.6 Å². The maximum atomic E-state index is 12.1. The highest BCUT2D eigenvalue weighted by Crippen LogP contribution is 2.15. The Balaban J connectivity index is 1.96. The standard InChI is InChI=1S/C15H19N3OS/c1-3-8-16-14-6-4-5-12(18-14)15(19)17-10-13-11(2)7-9-20-13/h4-7,9H,3,8,10H2,1-2H3,(H,16,18)(H,17,19). The van der Waals surface area contributed by atoms with Crippen molar-refractivity contribution in [2.24, 2.45) is 0 Å². The van der Waals surface area contributed by atoms with Gasteiger partial charge in [-0.3, -0.25) is 4.79 Å². The van der Waals surface area contributed by atoms with E-state index in [1.165, 1.54) is 10.4 Å². The van der Waals surface area contributed by atoms with E-state index in [1.54, 1.807) is 17.4 Å². The molecule has 0 atom stereocenters. The first-order chi connectivity index (χ1) is 9.70. The van der Waals surface area contributed by atoms with Crippen molar-refractivity contribution in [3.8, 4) is 0 Å². The minimum absolute atomic E-state index is 0.141. The lowest BCUT2D eigenvalue weighted by atomic mass is 10.3. The Morgan fingerprint density at radius 2 is 2.20 bits per heavy atom. The Morgan fingerprint density at radius 1 is 1.35 bits per heavy atom. The number of anilines is 1. The molecule has 2 aromatic heterocycles. The summed E-state index contributed by atoms with van der Waals surface area (Å²) in [4.78, 5) is 17.6. The number of hydrogen-bond donors (Lipinski definition) is 2. The summed E-state index contributed by atoms with van der Waals surface area (Å²) in [6, 6.07) is 7.50. The quantitative estimate of drug-likeness (QED) is 0.858. The maximum absolute atomic E-state index is 12.1. The van der Waals surface area contributed by atoms with Crippen molar-refractivity contribution >= 4 is 23.1 Å². The number of thiophene rings is 1. The van der Waals surface area contributed by atoms with E-state index in [2.05, 4.69) is 28.6 Å². The average Bonchev–Trinajstić information content (AvgIpc) is 2.88. The highest BCUT2D eigenvalue weighted by atomic mass is 32.1. The molecule has 0 aliphatic carbocycles. The van der Waals surface area contributed by atoms with Gasteiger partial charge in [0.15, 0.2) is 0 Å². The molecule has 0 bridgehead atoms. The third-order valence-corrected chi connectivity index (χ3v) is 3.94. The van der Waals surface area contributed by atoms with Crippen LogP contribution in [0, 0.1) is 6.92 Å². The van der Waals surface area contributed by atoms with Gasteiger partial charge in [0.2, 0.25) is 0 Å². The van der Waals surface area contributed by atoms with Crippen LogP contribution in [0.5, 0.6) is 0 Å². The van der Waals surface area contributed by atoms with Crippen LogP contribution in [-0.2, 0) is 6.54 Å². The van der Waals surface area contributed by atoms with E-state index >= 15 is 0 Å². The van der Waals surface area contributed by atoms with Gasteiger partial charge >= 0.3 is 0 Å². The third-order valence-electron chi connectivity index (χ3n) is 2.92. The van der Waals surface area contributed by atoms with Crippen molar-refractivity contribution < 1.29 is 4.79 Å². The number of carbonyl (C=O) groups excluding carboxylic acids is 1. The number of aromatic nitrogens is 1. The Kier molecular flexibility index (Phi) is 5.12. The number of aryl methyl sites for hydroxylation is 1. The van der Waals surface area contributed by atoms with E-state index in [1.807, 2.05) is 24.4 Å². The summed E-state index contributed by atoms with van der Waals surface area (Å²) in [5, 5.41) is 8.12. The van der Waals surface area contributed by atoms with E-state index in [9.17, 15) is 4.79 Å². The zero-order chi connectivity index (χ0) is 14.4. The zero-order valence-electron chi connectivity index (χ0n) is 11.8. The molecule has 2 heterocycles. The Bertz CT molecular complexity index is 580. The van der Waals surface area contributed by atoms with Gasteiger partial charge < -0.3 is 10.6 Å². The zero-order valence-corrected chi connectivity index (χ0v) is 12.6. The lowest BCUT2D eigenvalue weighted by Crippen LogP contribution is -2.24. The molecule has 106 valence electrons. The molecule has 0 fully saturated rings. The maximum Gasteiger partial charge on any atom is 0.270 e. The van der Waals surface area contributed by atoms with Crippen LogP contribution in [0.3, 0.4) is 0 Å². The molecule has 0 spiro atoms. The minimum Gasteiger partial charge on any atom is -0.370 e. The monoisotopic (exact) mass is 289 g/mol. The van der Waals surface area contributed by atoms with E-state index in [0.29, 0.717) is 12.2 Å². The van der Waals surface area contributed by atoms with Crippen LogP contribution in [0.25, 0.3) is 0 Å². The highest BCUT2D eigenvalue weighted by Gasteiger charge is 2.08. The van der Waals surface area contributed by atoms with Gasteiger partial charge in [-0.25, -0.2) is 4.98 Å². The molecular formula is C15H19N3OS. The molecule has 5 heteroatoms. The van der Waals surface area contributed by atoms with Gasteiger partial charge in [0, 0.05) is 11.4 Å². The summed E-state index contributed by atoms with van der Waals surface area (Å²) in [5.74, 6) is 0.602. The molecule has 0 aliphatic rings. The van der Waals surface area contributed by atoms with Crippen molar-refractivity contribution in [1.82, 2.24) is 10.3 Å². The molecule has 0 saturated carbocycles. The van der Waals surface area contributed by atoms with E-state index in [-0.39, 0.29) is 5.91 Å². The van der Waals surface area contributed by atoms with E-state index in [0.717, 1.165) is 18.8 Å². The largest absolute Gasteiger partial charge is 0.370 e. The molecular weight excluding hydrogens is 270 g/mol. The van der Waals surface area contributed by atoms with Gasteiger partial charge in [-0.05, 0) is 42.5 Å². The van der Waals surface area contributed by atoms with Gasteiger partial charge in [0.1, 0.15) is 11.5 Å². The predicted molar refractivity (Wildman–Crippen MR) is 83.2 cm³/mol. The summed E-state index contributed by atoms with van der Waals surface area (Å²) in [6.07, 6.45) is 1.02. The van der Waals surface area contributed by atoms with Gasteiger partial charge in [-0.15, -0.1) is 11.3 Å². The van der Waals surface area contributed by atoms with Crippen LogP contribution >= 0.6 is 11.3 Å². The molecule has 2 aromatic rings. The molecule has 20 heavy (non-hydrogen) atoms. The van der Waals surface area contributed by atoms with Crippen LogP contribution in [0.1, 0.15) is 34.3 Å². The summed E-state index contributed by atoms with van der Waals surface area (Å²) in [6.45, 7) is 5.54. The molecule has 2 rings (SSSR count). The van der Waals surface area contributed by atoms with Gasteiger partial charge in [-0.1, -0.05) is 13.0 Å². The number of pyridine rings is 1. The Hall–Kier alpha value is -1.88. The smallest absolute Gasteiger partial charge is 0.270 e. The highest BCUT2D eigenvalue weighted by molar-refractivity contribution is 7.10. The van der Waals surface area contributed by atoms with Crippen LogP contribution in [-0.4, -0.2) is 17.4 Å². The van der Waals surface area contributed by atoms with Gasteiger partial charge in [0.05, 0.1) is 6.54 Å². The number of nitrogens with zero attached hydrogens (tertiary/aromatic N) is 1. The number of hydrogen-bond acceptors (Lipinski definition) is 4. The topological polar surface area (TPSA) is 54.0 Å².